The van der Waals surface area contributed by atoms with E-state index in [9.17, 15) is 0 Å². The van der Waals surface area contributed by atoms with Crippen LogP contribution in [0.2, 0.25) is 0 Å². The Morgan fingerprint density at radius 1 is 1.25 bits per heavy atom. The van der Waals surface area contributed by atoms with Crippen LogP contribution in [0.5, 0.6) is 0 Å². The van der Waals surface area contributed by atoms with Crippen molar-refractivity contribution in [1.82, 2.24) is 9.88 Å². The van der Waals surface area contributed by atoms with Crippen LogP contribution >= 0.6 is 0 Å². The van der Waals surface area contributed by atoms with E-state index in [0.29, 0.717) is 11.6 Å². The van der Waals surface area contributed by atoms with E-state index in [1.54, 1.807) is 0 Å². The summed E-state index contributed by atoms with van der Waals surface area (Å²) in [5.74, 6) is 0. The molecule has 0 radical (unpaired) electrons. The molecule has 0 saturated heterocycles. The predicted molar refractivity (Wildman–Crippen MR) is 81.4 cm³/mol. The fourth-order valence-electron chi connectivity index (χ4n) is 2.31. The van der Waals surface area contributed by atoms with Gasteiger partial charge in [0, 0.05) is 24.5 Å². The Bertz CT molecular complexity index is 575. The molecule has 2 rings (SSSR count). The molecule has 1 N–H and O–H groups in total. The highest BCUT2D eigenvalue weighted by atomic mass is 15.0. The quantitative estimate of drug-likeness (QED) is 0.870. The molecular weight excluding hydrogens is 246 g/mol. The molecule has 0 aliphatic rings. The molecule has 1 aromatic heterocycles. The molecule has 0 aliphatic heterocycles. The molecule has 0 saturated carbocycles. The standard InChI is InChI=1S/C17H21N3/c1-3-10-19-14(2)17-5-4-11-20(17)13-16-8-6-15(12-18)7-9-16/h4-9,11,14,19H,3,10,13H2,1-2H3. The minimum atomic E-state index is 0.350. The van der Waals surface area contributed by atoms with Gasteiger partial charge in [0.1, 0.15) is 0 Å². The van der Waals surface area contributed by atoms with E-state index in [-0.39, 0.29) is 0 Å². The Kier molecular flexibility index (Phi) is 4.97. The van der Waals surface area contributed by atoms with Crippen molar-refractivity contribution < 1.29 is 0 Å². The first-order valence-corrected chi connectivity index (χ1v) is 7.12. The van der Waals surface area contributed by atoms with Gasteiger partial charge in [-0.3, -0.25) is 0 Å². The average molecular weight is 267 g/mol. The van der Waals surface area contributed by atoms with Gasteiger partial charge in [-0.1, -0.05) is 19.1 Å². The van der Waals surface area contributed by atoms with E-state index in [0.717, 1.165) is 19.5 Å². The van der Waals surface area contributed by atoms with Crippen LogP contribution in [-0.2, 0) is 6.54 Å². The first-order chi connectivity index (χ1) is 9.74. The molecule has 104 valence electrons. The van der Waals surface area contributed by atoms with Gasteiger partial charge in [0.2, 0.25) is 0 Å². The molecule has 1 heterocycles. The van der Waals surface area contributed by atoms with Crippen molar-refractivity contribution in [2.24, 2.45) is 0 Å². The van der Waals surface area contributed by atoms with Crippen LogP contribution in [0.4, 0.5) is 0 Å². The van der Waals surface area contributed by atoms with Gasteiger partial charge in [0.25, 0.3) is 0 Å². The summed E-state index contributed by atoms with van der Waals surface area (Å²) in [5, 5.41) is 12.3. The maximum atomic E-state index is 8.82. The Hall–Kier alpha value is -2.05. The molecule has 20 heavy (non-hydrogen) atoms. The molecule has 0 amide bonds. The zero-order valence-electron chi connectivity index (χ0n) is 12.1. The van der Waals surface area contributed by atoms with E-state index < -0.39 is 0 Å². The summed E-state index contributed by atoms with van der Waals surface area (Å²) in [7, 11) is 0. The van der Waals surface area contributed by atoms with E-state index in [4.69, 9.17) is 5.26 Å². The van der Waals surface area contributed by atoms with Crippen LogP contribution in [0.1, 0.15) is 43.1 Å². The smallest absolute Gasteiger partial charge is 0.0991 e. The number of nitriles is 1. The van der Waals surface area contributed by atoms with E-state index in [1.807, 2.05) is 24.3 Å². The maximum Gasteiger partial charge on any atom is 0.0991 e. The lowest BCUT2D eigenvalue weighted by atomic mass is 10.1. The number of rotatable bonds is 6. The number of nitrogens with zero attached hydrogens (tertiary/aromatic N) is 2. The molecule has 1 aromatic carbocycles. The van der Waals surface area contributed by atoms with Crippen molar-refractivity contribution in [2.75, 3.05) is 6.54 Å². The van der Waals surface area contributed by atoms with Gasteiger partial charge in [-0.25, -0.2) is 0 Å². The average Bonchev–Trinajstić information content (AvgIpc) is 2.94. The van der Waals surface area contributed by atoms with Gasteiger partial charge in [-0.2, -0.15) is 5.26 Å². The third kappa shape index (κ3) is 3.49. The van der Waals surface area contributed by atoms with Crippen LogP contribution < -0.4 is 5.32 Å². The molecule has 0 spiro atoms. The lowest BCUT2D eigenvalue weighted by molar-refractivity contribution is 0.534. The predicted octanol–water partition coefficient (Wildman–Crippen LogP) is 3.47. The fourth-order valence-corrected chi connectivity index (χ4v) is 2.31. The largest absolute Gasteiger partial charge is 0.346 e. The minimum Gasteiger partial charge on any atom is -0.346 e. The summed E-state index contributed by atoms with van der Waals surface area (Å²) in [6, 6.07) is 14.5. The van der Waals surface area contributed by atoms with E-state index >= 15 is 0 Å². The van der Waals surface area contributed by atoms with Crippen LogP contribution in [0, 0.1) is 11.3 Å². The van der Waals surface area contributed by atoms with Crippen molar-refractivity contribution in [1.29, 1.82) is 5.26 Å². The number of nitrogens with one attached hydrogen (secondary N) is 1. The third-order valence-corrected chi connectivity index (χ3v) is 3.44. The van der Waals surface area contributed by atoms with Gasteiger partial charge in [0.15, 0.2) is 0 Å². The maximum absolute atomic E-state index is 8.82. The second-order valence-electron chi connectivity index (χ2n) is 5.05. The molecule has 0 fully saturated rings. The van der Waals surface area contributed by atoms with Crippen LogP contribution in [-0.4, -0.2) is 11.1 Å². The molecule has 3 heteroatoms. The van der Waals surface area contributed by atoms with Crippen LogP contribution in [0.25, 0.3) is 0 Å². The van der Waals surface area contributed by atoms with Crippen molar-refractivity contribution in [2.45, 2.75) is 32.9 Å². The van der Waals surface area contributed by atoms with E-state index in [2.05, 4.69) is 48.1 Å². The Labute approximate surface area is 120 Å². The molecule has 0 aliphatic carbocycles. The highest BCUT2D eigenvalue weighted by Crippen LogP contribution is 2.15. The highest BCUT2D eigenvalue weighted by Gasteiger charge is 2.09. The summed E-state index contributed by atoms with van der Waals surface area (Å²) < 4.78 is 2.26. The molecular formula is C17H21N3. The Morgan fingerprint density at radius 3 is 2.65 bits per heavy atom. The zero-order valence-corrected chi connectivity index (χ0v) is 12.1. The zero-order chi connectivity index (χ0) is 14.4. The van der Waals surface area contributed by atoms with Crippen molar-refractivity contribution in [3.63, 3.8) is 0 Å². The van der Waals surface area contributed by atoms with Gasteiger partial charge in [0.05, 0.1) is 11.6 Å². The summed E-state index contributed by atoms with van der Waals surface area (Å²) in [6.07, 6.45) is 3.25. The molecule has 1 unspecified atom stereocenters. The minimum absolute atomic E-state index is 0.350. The van der Waals surface area contributed by atoms with Crippen LogP contribution in [0.3, 0.4) is 0 Å². The van der Waals surface area contributed by atoms with Gasteiger partial charge in [-0.15, -0.1) is 0 Å². The van der Waals surface area contributed by atoms with Gasteiger partial charge < -0.3 is 9.88 Å². The highest BCUT2D eigenvalue weighted by molar-refractivity contribution is 5.32. The monoisotopic (exact) mass is 267 g/mol. The Balaban J connectivity index is 2.09. The second kappa shape index (κ2) is 6.93. The fraction of sp³-hybridized carbons (Fsp3) is 0.353. The normalized spacial score (nSPS) is 12.1. The summed E-state index contributed by atoms with van der Waals surface area (Å²) >= 11 is 0. The first kappa shape index (κ1) is 14.4. The topological polar surface area (TPSA) is 40.8 Å². The number of benzene rings is 1. The number of aromatic nitrogens is 1. The lowest BCUT2D eigenvalue weighted by Gasteiger charge is -2.17. The van der Waals surface area contributed by atoms with Crippen LogP contribution in [0.15, 0.2) is 42.6 Å². The van der Waals surface area contributed by atoms with E-state index in [1.165, 1.54) is 11.3 Å². The molecule has 3 nitrogen and oxygen atoms in total. The van der Waals surface area contributed by atoms with Crippen molar-refractivity contribution in [3.05, 3.63) is 59.4 Å². The van der Waals surface area contributed by atoms with Crippen molar-refractivity contribution in [3.8, 4) is 6.07 Å². The first-order valence-electron chi connectivity index (χ1n) is 7.12. The number of hydrogen-bond donors (Lipinski definition) is 1. The SMILES string of the molecule is CCCNC(C)c1cccn1Cc1ccc(C#N)cc1. The Morgan fingerprint density at radius 2 is 2.00 bits per heavy atom. The third-order valence-electron chi connectivity index (χ3n) is 3.44. The summed E-state index contributed by atoms with van der Waals surface area (Å²) in [5.41, 5.74) is 3.21. The molecule has 2 aromatic rings. The number of hydrogen-bond acceptors (Lipinski definition) is 2. The van der Waals surface area contributed by atoms with Gasteiger partial charge in [-0.05, 0) is 49.7 Å². The summed E-state index contributed by atoms with van der Waals surface area (Å²) in [4.78, 5) is 0. The van der Waals surface area contributed by atoms with Gasteiger partial charge >= 0.3 is 0 Å². The molecule has 0 bridgehead atoms. The second-order valence-corrected chi connectivity index (χ2v) is 5.05. The van der Waals surface area contributed by atoms with Crippen molar-refractivity contribution >= 4 is 0 Å². The lowest BCUT2D eigenvalue weighted by Crippen LogP contribution is -2.22. The molecule has 1 atom stereocenters. The summed E-state index contributed by atoms with van der Waals surface area (Å²) in [6.45, 7) is 6.24.